The monoisotopic (exact) mass is 358 g/mol. The van der Waals surface area contributed by atoms with E-state index in [9.17, 15) is 4.79 Å². The highest BCUT2D eigenvalue weighted by Crippen LogP contribution is 2.36. The van der Waals surface area contributed by atoms with Crippen molar-refractivity contribution in [2.75, 3.05) is 6.61 Å². The van der Waals surface area contributed by atoms with E-state index in [1.54, 1.807) is 0 Å². The molecule has 140 valence electrons. The maximum Gasteiger partial charge on any atom is 0.226 e. The van der Waals surface area contributed by atoms with Crippen LogP contribution in [0.3, 0.4) is 0 Å². The Hall–Kier alpha value is -2.22. The second kappa shape index (κ2) is 6.83. The van der Waals surface area contributed by atoms with Gasteiger partial charge in [-0.1, -0.05) is 6.92 Å². The van der Waals surface area contributed by atoms with Crippen molar-refractivity contribution in [3.05, 3.63) is 29.1 Å². The summed E-state index contributed by atoms with van der Waals surface area (Å²) < 4.78 is 9.66. The third-order valence-corrected chi connectivity index (χ3v) is 5.57. The Balaban J connectivity index is 1.44. The first-order valence-electron chi connectivity index (χ1n) is 9.40. The summed E-state index contributed by atoms with van der Waals surface area (Å²) >= 11 is 0. The smallest absolute Gasteiger partial charge is 0.226 e. The first-order valence-corrected chi connectivity index (χ1v) is 9.40. The van der Waals surface area contributed by atoms with Gasteiger partial charge in [0.1, 0.15) is 5.82 Å². The van der Waals surface area contributed by atoms with Crippen LogP contribution >= 0.6 is 0 Å². The van der Waals surface area contributed by atoms with Crippen LogP contribution < -0.4 is 5.32 Å². The van der Waals surface area contributed by atoms with Gasteiger partial charge in [-0.3, -0.25) is 9.48 Å². The lowest BCUT2D eigenvalue weighted by atomic mass is 9.94. The standard InChI is InChI=1S/C18H26N6O2/c1-4-15-21-16-6-5-12(10-24(16)22-15)20-18(25)13-7-8-26-17(13)14-9-19-23(3)11(14)2/h9,12-13,17H,4-8,10H2,1-3H3,(H,20,25)/t12-,13+,17+/m1/s1. The molecule has 0 aliphatic carbocycles. The third-order valence-electron chi connectivity index (χ3n) is 5.57. The van der Waals surface area contributed by atoms with Gasteiger partial charge in [-0.2, -0.15) is 10.2 Å². The molecular formula is C18H26N6O2. The molecular weight excluding hydrogens is 332 g/mol. The molecule has 1 amide bonds. The molecule has 0 aromatic carbocycles. The number of carbonyl (C=O) groups is 1. The van der Waals surface area contributed by atoms with E-state index < -0.39 is 0 Å². The quantitative estimate of drug-likeness (QED) is 0.884. The number of aromatic nitrogens is 5. The molecule has 0 bridgehead atoms. The second-order valence-corrected chi connectivity index (χ2v) is 7.22. The Kier molecular flexibility index (Phi) is 4.52. The highest BCUT2D eigenvalue weighted by molar-refractivity contribution is 5.80. The van der Waals surface area contributed by atoms with Crippen molar-refractivity contribution in [3.8, 4) is 0 Å². The first kappa shape index (κ1) is 17.2. The molecule has 4 rings (SSSR count). The predicted molar refractivity (Wildman–Crippen MR) is 94.4 cm³/mol. The van der Waals surface area contributed by atoms with E-state index in [0.29, 0.717) is 13.2 Å². The number of ether oxygens (including phenoxy) is 1. The zero-order valence-corrected chi connectivity index (χ0v) is 15.6. The molecule has 1 N–H and O–H groups in total. The van der Waals surface area contributed by atoms with E-state index in [1.165, 1.54) is 0 Å². The minimum atomic E-state index is -0.207. The summed E-state index contributed by atoms with van der Waals surface area (Å²) in [7, 11) is 1.91. The van der Waals surface area contributed by atoms with E-state index >= 15 is 0 Å². The van der Waals surface area contributed by atoms with Gasteiger partial charge in [-0.05, 0) is 19.8 Å². The summed E-state index contributed by atoms with van der Waals surface area (Å²) in [5.41, 5.74) is 2.06. The summed E-state index contributed by atoms with van der Waals surface area (Å²) in [5, 5.41) is 12.0. The highest BCUT2D eigenvalue weighted by atomic mass is 16.5. The van der Waals surface area contributed by atoms with Gasteiger partial charge in [0, 0.05) is 43.8 Å². The maximum atomic E-state index is 12.9. The fraction of sp³-hybridized carbons (Fsp3) is 0.667. The largest absolute Gasteiger partial charge is 0.373 e. The summed E-state index contributed by atoms with van der Waals surface area (Å²) in [5.74, 6) is 1.81. The van der Waals surface area contributed by atoms with Crippen LogP contribution in [0.15, 0.2) is 6.20 Å². The summed E-state index contributed by atoms with van der Waals surface area (Å²) in [4.78, 5) is 17.5. The predicted octanol–water partition coefficient (Wildman–Crippen LogP) is 1.09. The van der Waals surface area contributed by atoms with E-state index in [0.717, 1.165) is 48.6 Å². The van der Waals surface area contributed by atoms with Gasteiger partial charge in [0.05, 0.1) is 24.8 Å². The number of hydrogen-bond acceptors (Lipinski definition) is 5. The zero-order valence-electron chi connectivity index (χ0n) is 15.6. The van der Waals surface area contributed by atoms with Gasteiger partial charge in [0.15, 0.2) is 5.82 Å². The van der Waals surface area contributed by atoms with Gasteiger partial charge >= 0.3 is 0 Å². The molecule has 8 nitrogen and oxygen atoms in total. The number of aryl methyl sites for hydroxylation is 3. The average molecular weight is 358 g/mol. The third kappa shape index (κ3) is 3.02. The van der Waals surface area contributed by atoms with Gasteiger partial charge in [0.25, 0.3) is 0 Å². The molecule has 26 heavy (non-hydrogen) atoms. The van der Waals surface area contributed by atoms with Gasteiger partial charge in [-0.25, -0.2) is 9.67 Å². The van der Waals surface area contributed by atoms with Crippen LogP contribution in [0, 0.1) is 12.8 Å². The minimum Gasteiger partial charge on any atom is -0.373 e. The van der Waals surface area contributed by atoms with Gasteiger partial charge < -0.3 is 10.1 Å². The molecule has 0 spiro atoms. The zero-order chi connectivity index (χ0) is 18.3. The number of fused-ring (bicyclic) bond motifs is 1. The van der Waals surface area contributed by atoms with E-state index in [2.05, 4.69) is 27.4 Å². The van der Waals surface area contributed by atoms with Crippen molar-refractivity contribution in [1.82, 2.24) is 29.9 Å². The number of carbonyl (C=O) groups excluding carboxylic acids is 1. The first-order chi connectivity index (χ1) is 12.6. The molecule has 1 fully saturated rings. The fourth-order valence-electron chi connectivity index (χ4n) is 3.90. The average Bonchev–Trinajstić information content (AvgIpc) is 3.33. The van der Waals surface area contributed by atoms with Crippen molar-refractivity contribution < 1.29 is 9.53 Å². The molecule has 3 atom stereocenters. The number of hydrogen-bond donors (Lipinski definition) is 1. The van der Waals surface area contributed by atoms with Crippen LogP contribution in [0.2, 0.25) is 0 Å². The molecule has 1 saturated heterocycles. The molecule has 0 saturated carbocycles. The molecule has 0 unspecified atom stereocenters. The van der Waals surface area contributed by atoms with Crippen LogP contribution in [0.5, 0.6) is 0 Å². The van der Waals surface area contributed by atoms with Gasteiger partial charge in [-0.15, -0.1) is 0 Å². The number of nitrogens with one attached hydrogen (secondary N) is 1. The normalized spacial score (nSPS) is 25.3. The van der Waals surface area contributed by atoms with E-state index in [4.69, 9.17) is 4.74 Å². The number of nitrogens with zero attached hydrogens (tertiary/aromatic N) is 5. The van der Waals surface area contributed by atoms with Crippen LogP contribution in [0.25, 0.3) is 0 Å². The van der Waals surface area contributed by atoms with Crippen molar-refractivity contribution >= 4 is 5.91 Å². The lowest BCUT2D eigenvalue weighted by Crippen LogP contribution is -2.44. The fourth-order valence-corrected chi connectivity index (χ4v) is 3.90. The molecule has 0 radical (unpaired) electrons. The molecule has 8 heteroatoms. The Morgan fingerprint density at radius 2 is 2.27 bits per heavy atom. The molecule has 2 aliphatic rings. The lowest BCUT2D eigenvalue weighted by Gasteiger charge is -2.26. The Morgan fingerprint density at radius 1 is 1.42 bits per heavy atom. The van der Waals surface area contributed by atoms with Crippen LogP contribution in [-0.4, -0.2) is 43.1 Å². The van der Waals surface area contributed by atoms with Gasteiger partial charge in [0.2, 0.25) is 5.91 Å². The van der Waals surface area contributed by atoms with Crippen LogP contribution in [0.4, 0.5) is 0 Å². The summed E-state index contributed by atoms with van der Waals surface area (Å²) in [6.07, 6.45) is 4.94. The molecule has 2 aromatic heterocycles. The van der Waals surface area contributed by atoms with E-state index in [1.807, 2.05) is 29.5 Å². The number of amides is 1. The number of rotatable bonds is 4. The summed E-state index contributed by atoms with van der Waals surface area (Å²) in [6.45, 7) is 5.37. The molecule has 4 heterocycles. The SMILES string of the molecule is CCc1nc2n(n1)C[C@H](NC(=O)[C@H]1CCO[C@@H]1c1cnn(C)c1C)CC2. The maximum absolute atomic E-state index is 12.9. The van der Waals surface area contributed by atoms with Crippen LogP contribution in [-0.2, 0) is 36.0 Å². The van der Waals surface area contributed by atoms with Crippen molar-refractivity contribution in [2.45, 2.75) is 58.2 Å². The van der Waals surface area contributed by atoms with E-state index in [-0.39, 0.29) is 24.0 Å². The Morgan fingerprint density at radius 3 is 3.00 bits per heavy atom. The van der Waals surface area contributed by atoms with Crippen molar-refractivity contribution in [3.63, 3.8) is 0 Å². The lowest BCUT2D eigenvalue weighted by molar-refractivity contribution is -0.127. The van der Waals surface area contributed by atoms with Crippen molar-refractivity contribution in [2.24, 2.45) is 13.0 Å². The highest BCUT2D eigenvalue weighted by Gasteiger charge is 2.38. The minimum absolute atomic E-state index is 0.0695. The Labute approximate surface area is 152 Å². The van der Waals surface area contributed by atoms with Crippen LogP contribution in [0.1, 0.15) is 48.8 Å². The topological polar surface area (TPSA) is 86.9 Å². The van der Waals surface area contributed by atoms with Crippen molar-refractivity contribution in [1.29, 1.82) is 0 Å². The molecule has 2 aromatic rings. The summed E-state index contributed by atoms with van der Waals surface area (Å²) in [6, 6.07) is 0.0950. The Bertz CT molecular complexity index is 811. The molecule has 2 aliphatic heterocycles. The second-order valence-electron chi connectivity index (χ2n) is 7.22.